The van der Waals surface area contributed by atoms with Crippen LogP contribution in [0.3, 0.4) is 0 Å². The van der Waals surface area contributed by atoms with E-state index in [1.807, 2.05) is 6.92 Å². The number of hydrogen-bond donors (Lipinski definition) is 2. The van der Waals surface area contributed by atoms with E-state index in [4.69, 9.17) is 0 Å². The number of nitro groups is 1. The van der Waals surface area contributed by atoms with Crippen LogP contribution in [0.1, 0.15) is 23.7 Å². The molecule has 0 unspecified atom stereocenters. The van der Waals surface area contributed by atoms with Crippen LogP contribution in [0.25, 0.3) is 0 Å². The third-order valence-corrected chi connectivity index (χ3v) is 2.51. The molecule has 2 N–H and O–H groups in total. The molecular formula is C12H15F2N3O3. The van der Waals surface area contributed by atoms with Crippen molar-refractivity contribution in [2.75, 3.05) is 19.6 Å². The van der Waals surface area contributed by atoms with Gasteiger partial charge in [0.15, 0.2) is 0 Å². The largest absolute Gasteiger partial charge is 0.351 e. The lowest BCUT2D eigenvalue weighted by Gasteiger charge is -2.08. The summed E-state index contributed by atoms with van der Waals surface area (Å²) < 4.78 is 27.1. The maximum absolute atomic E-state index is 13.7. The normalized spacial score (nSPS) is 10.3. The van der Waals surface area contributed by atoms with Crippen LogP contribution in [0.5, 0.6) is 0 Å². The Hall–Kier alpha value is -2.09. The molecule has 1 rings (SSSR count). The van der Waals surface area contributed by atoms with Crippen LogP contribution < -0.4 is 10.6 Å². The Morgan fingerprint density at radius 3 is 2.60 bits per heavy atom. The van der Waals surface area contributed by atoms with Crippen molar-refractivity contribution in [2.45, 2.75) is 13.3 Å². The molecule has 1 aromatic rings. The SMILES string of the molecule is CCCNCCNC(=O)c1c(F)ccc([N+](=O)[O-])c1F. The van der Waals surface area contributed by atoms with Crippen molar-refractivity contribution in [2.24, 2.45) is 0 Å². The highest BCUT2D eigenvalue weighted by Crippen LogP contribution is 2.22. The molecule has 0 heterocycles. The Kier molecular flexibility index (Phi) is 5.98. The molecule has 0 aliphatic rings. The highest BCUT2D eigenvalue weighted by atomic mass is 19.1. The number of nitrogens with zero attached hydrogens (tertiary/aromatic N) is 1. The van der Waals surface area contributed by atoms with Crippen LogP contribution in [-0.2, 0) is 0 Å². The van der Waals surface area contributed by atoms with Gasteiger partial charge in [-0.25, -0.2) is 4.39 Å². The summed E-state index contributed by atoms with van der Waals surface area (Å²) in [6.45, 7) is 3.34. The Morgan fingerprint density at radius 2 is 2.00 bits per heavy atom. The molecule has 0 radical (unpaired) electrons. The highest BCUT2D eigenvalue weighted by Gasteiger charge is 2.25. The minimum Gasteiger partial charge on any atom is -0.351 e. The zero-order chi connectivity index (χ0) is 15.1. The summed E-state index contributed by atoms with van der Waals surface area (Å²) in [5, 5.41) is 15.8. The highest BCUT2D eigenvalue weighted by molar-refractivity contribution is 5.95. The van der Waals surface area contributed by atoms with Gasteiger partial charge >= 0.3 is 5.69 Å². The van der Waals surface area contributed by atoms with Crippen molar-refractivity contribution in [3.8, 4) is 0 Å². The zero-order valence-electron chi connectivity index (χ0n) is 10.9. The Bertz CT molecular complexity index is 509. The van der Waals surface area contributed by atoms with Gasteiger partial charge < -0.3 is 10.6 Å². The fourth-order valence-corrected chi connectivity index (χ4v) is 1.55. The number of amides is 1. The maximum atomic E-state index is 13.7. The van der Waals surface area contributed by atoms with Crippen molar-refractivity contribution < 1.29 is 18.5 Å². The summed E-state index contributed by atoms with van der Waals surface area (Å²) in [5.74, 6) is -3.61. The lowest BCUT2D eigenvalue weighted by atomic mass is 10.1. The molecule has 20 heavy (non-hydrogen) atoms. The van der Waals surface area contributed by atoms with E-state index in [9.17, 15) is 23.7 Å². The van der Waals surface area contributed by atoms with Crippen LogP contribution in [-0.4, -0.2) is 30.5 Å². The molecular weight excluding hydrogens is 272 g/mol. The lowest BCUT2D eigenvalue weighted by molar-refractivity contribution is -0.387. The van der Waals surface area contributed by atoms with Gasteiger partial charge in [-0.3, -0.25) is 14.9 Å². The van der Waals surface area contributed by atoms with Crippen molar-refractivity contribution >= 4 is 11.6 Å². The minimum atomic E-state index is -1.46. The predicted molar refractivity (Wildman–Crippen MR) is 68.5 cm³/mol. The van der Waals surface area contributed by atoms with Gasteiger partial charge in [0.2, 0.25) is 5.82 Å². The van der Waals surface area contributed by atoms with Crippen LogP contribution in [0.4, 0.5) is 14.5 Å². The number of halogens is 2. The summed E-state index contributed by atoms with van der Waals surface area (Å²) in [5.41, 5.74) is -1.87. The van der Waals surface area contributed by atoms with Crippen LogP contribution >= 0.6 is 0 Å². The number of hydrogen-bond acceptors (Lipinski definition) is 4. The van der Waals surface area contributed by atoms with Crippen molar-refractivity contribution in [3.63, 3.8) is 0 Å². The Morgan fingerprint density at radius 1 is 1.30 bits per heavy atom. The number of nitrogens with one attached hydrogen (secondary N) is 2. The number of nitro benzene ring substituents is 1. The van der Waals surface area contributed by atoms with Crippen LogP contribution in [0, 0.1) is 21.7 Å². The molecule has 0 aliphatic heterocycles. The van der Waals surface area contributed by atoms with E-state index in [2.05, 4.69) is 10.6 Å². The number of carbonyl (C=O) groups is 1. The van der Waals surface area contributed by atoms with Gasteiger partial charge in [0, 0.05) is 19.2 Å². The van der Waals surface area contributed by atoms with E-state index in [1.54, 1.807) is 0 Å². The monoisotopic (exact) mass is 287 g/mol. The first-order valence-corrected chi connectivity index (χ1v) is 6.10. The molecule has 8 heteroatoms. The van der Waals surface area contributed by atoms with Crippen molar-refractivity contribution in [3.05, 3.63) is 39.4 Å². The molecule has 0 saturated heterocycles. The zero-order valence-corrected chi connectivity index (χ0v) is 10.9. The molecule has 0 aromatic heterocycles. The van der Waals surface area contributed by atoms with Gasteiger partial charge in [0.1, 0.15) is 11.4 Å². The van der Waals surface area contributed by atoms with E-state index >= 15 is 0 Å². The van der Waals surface area contributed by atoms with Crippen molar-refractivity contribution in [1.82, 2.24) is 10.6 Å². The average Bonchev–Trinajstić information content (AvgIpc) is 2.38. The topological polar surface area (TPSA) is 84.3 Å². The molecule has 6 nitrogen and oxygen atoms in total. The van der Waals surface area contributed by atoms with Gasteiger partial charge in [-0.1, -0.05) is 6.92 Å². The van der Waals surface area contributed by atoms with E-state index < -0.39 is 33.7 Å². The standard InChI is InChI=1S/C12H15F2N3O3/c1-2-5-15-6-7-16-12(18)10-8(13)3-4-9(11(10)14)17(19)20/h3-4,15H,2,5-7H2,1H3,(H,16,18). The molecule has 0 aliphatic carbocycles. The van der Waals surface area contributed by atoms with E-state index in [0.29, 0.717) is 18.7 Å². The summed E-state index contributed by atoms with van der Waals surface area (Å²) in [7, 11) is 0. The second-order valence-electron chi connectivity index (χ2n) is 4.02. The molecule has 0 spiro atoms. The van der Waals surface area contributed by atoms with Gasteiger partial charge in [-0.2, -0.15) is 4.39 Å². The molecule has 0 atom stereocenters. The predicted octanol–water partition coefficient (Wildman–Crippen LogP) is 1.60. The van der Waals surface area contributed by atoms with E-state index in [-0.39, 0.29) is 6.54 Å². The second-order valence-corrected chi connectivity index (χ2v) is 4.02. The number of carbonyl (C=O) groups excluding carboxylic acids is 1. The van der Waals surface area contributed by atoms with Gasteiger partial charge in [-0.15, -0.1) is 0 Å². The van der Waals surface area contributed by atoms with E-state index in [1.165, 1.54) is 0 Å². The minimum absolute atomic E-state index is 0.167. The smallest absolute Gasteiger partial charge is 0.305 e. The first kappa shape index (κ1) is 16.0. The summed E-state index contributed by atoms with van der Waals surface area (Å²) in [6, 6.07) is 1.38. The molecule has 1 amide bonds. The number of benzene rings is 1. The van der Waals surface area contributed by atoms with Gasteiger partial charge in [0.05, 0.1) is 4.92 Å². The lowest BCUT2D eigenvalue weighted by Crippen LogP contribution is -2.33. The summed E-state index contributed by atoms with van der Waals surface area (Å²) in [6.07, 6.45) is 0.919. The van der Waals surface area contributed by atoms with E-state index in [0.717, 1.165) is 13.0 Å². The quantitative estimate of drug-likeness (QED) is 0.453. The molecule has 110 valence electrons. The Labute approximate surface area is 114 Å². The van der Waals surface area contributed by atoms with Crippen LogP contribution in [0.15, 0.2) is 12.1 Å². The van der Waals surface area contributed by atoms with Gasteiger partial charge in [-0.05, 0) is 19.0 Å². The number of rotatable bonds is 7. The summed E-state index contributed by atoms with van der Waals surface area (Å²) >= 11 is 0. The first-order chi connectivity index (χ1) is 9.49. The second kappa shape index (κ2) is 7.49. The van der Waals surface area contributed by atoms with Crippen LogP contribution in [0.2, 0.25) is 0 Å². The third-order valence-electron chi connectivity index (χ3n) is 2.51. The molecule has 1 aromatic carbocycles. The first-order valence-electron chi connectivity index (χ1n) is 6.10. The molecule has 0 saturated carbocycles. The van der Waals surface area contributed by atoms with Gasteiger partial charge in [0.25, 0.3) is 5.91 Å². The van der Waals surface area contributed by atoms with Crippen molar-refractivity contribution in [1.29, 1.82) is 0 Å². The maximum Gasteiger partial charge on any atom is 0.305 e. The average molecular weight is 287 g/mol. The Balaban J connectivity index is 2.77. The fourth-order valence-electron chi connectivity index (χ4n) is 1.55. The summed E-state index contributed by atoms with van der Waals surface area (Å²) in [4.78, 5) is 21.2. The fraction of sp³-hybridized carbons (Fsp3) is 0.417. The molecule has 0 fully saturated rings. The molecule has 0 bridgehead atoms. The third kappa shape index (κ3) is 3.95.